The second kappa shape index (κ2) is 10.1. The number of hydrogen-bond acceptors (Lipinski definition) is 3. The molecule has 5 nitrogen and oxygen atoms in total. The number of anilines is 2. The molecule has 1 aliphatic carbocycles. The van der Waals surface area contributed by atoms with Crippen molar-refractivity contribution in [3.05, 3.63) is 91.4 Å². The Morgan fingerprint density at radius 1 is 0.829 bits per heavy atom. The zero-order valence-electron chi connectivity index (χ0n) is 17.4. The van der Waals surface area contributed by atoms with Crippen LogP contribution in [0.4, 0.5) is 11.4 Å². The van der Waals surface area contributed by atoms with Crippen molar-refractivity contribution in [1.82, 2.24) is 0 Å². The number of nitrogens with one attached hydrogen (secondary N) is 2. The van der Waals surface area contributed by atoms with Gasteiger partial charge < -0.3 is 10.6 Å². The minimum absolute atomic E-state index is 0.113. The molecule has 35 heavy (non-hydrogen) atoms. The van der Waals surface area contributed by atoms with E-state index in [0.717, 1.165) is 0 Å². The first kappa shape index (κ1) is 25.9. The number of rotatable bonds is 5. The Morgan fingerprint density at radius 3 is 2.09 bits per heavy atom. The van der Waals surface area contributed by atoms with Gasteiger partial charge in [0.05, 0.1) is 27.1 Å². The zero-order chi connectivity index (χ0) is 25.5. The number of halogens is 6. The number of nitrogens with zero attached hydrogens (tertiary/aromatic N) is 1. The van der Waals surface area contributed by atoms with Crippen LogP contribution in [0.5, 0.6) is 0 Å². The quantitative estimate of drug-likeness (QED) is 0.297. The van der Waals surface area contributed by atoms with E-state index in [1.807, 2.05) is 6.07 Å². The third-order valence-electron chi connectivity index (χ3n) is 5.41. The number of benzene rings is 3. The van der Waals surface area contributed by atoms with E-state index in [0.29, 0.717) is 27.0 Å². The van der Waals surface area contributed by atoms with Crippen molar-refractivity contribution in [2.45, 2.75) is 10.3 Å². The van der Waals surface area contributed by atoms with Gasteiger partial charge in [-0.05, 0) is 60.2 Å². The van der Waals surface area contributed by atoms with Gasteiger partial charge in [0.15, 0.2) is 0 Å². The van der Waals surface area contributed by atoms with Crippen LogP contribution >= 0.6 is 69.6 Å². The molecule has 0 unspecified atom stereocenters. The number of nitriles is 1. The predicted octanol–water partition coefficient (Wildman–Crippen LogP) is 7.95. The number of carbonyl (C=O) groups excluding carboxylic acids is 2. The average molecular weight is 588 g/mol. The van der Waals surface area contributed by atoms with E-state index in [2.05, 4.69) is 10.6 Å². The van der Waals surface area contributed by atoms with Crippen molar-refractivity contribution in [3.63, 3.8) is 0 Å². The van der Waals surface area contributed by atoms with E-state index in [1.165, 1.54) is 30.3 Å². The molecule has 2 amide bonds. The Kier molecular flexibility index (Phi) is 7.45. The summed E-state index contributed by atoms with van der Waals surface area (Å²) in [6.07, 6.45) is 0. The van der Waals surface area contributed by atoms with Gasteiger partial charge >= 0.3 is 0 Å². The van der Waals surface area contributed by atoms with Crippen molar-refractivity contribution in [2.75, 3.05) is 10.6 Å². The lowest BCUT2D eigenvalue weighted by Crippen LogP contribution is -2.18. The molecular weight excluding hydrogens is 575 g/mol. The van der Waals surface area contributed by atoms with Crippen LogP contribution in [-0.4, -0.2) is 16.1 Å². The molecule has 3 aromatic rings. The highest BCUT2D eigenvalue weighted by Crippen LogP contribution is 2.65. The second-order valence-electron chi connectivity index (χ2n) is 7.78. The maximum atomic E-state index is 13.0. The largest absolute Gasteiger partial charge is 0.326 e. The van der Waals surface area contributed by atoms with Crippen molar-refractivity contribution in [1.29, 1.82) is 5.26 Å². The lowest BCUT2D eigenvalue weighted by Gasteiger charge is -2.11. The number of alkyl halides is 2. The van der Waals surface area contributed by atoms with Gasteiger partial charge in [-0.1, -0.05) is 46.4 Å². The Balaban J connectivity index is 1.51. The average Bonchev–Trinajstić information content (AvgIpc) is 3.36. The minimum atomic E-state index is -1.35. The fourth-order valence-corrected chi connectivity index (χ4v) is 5.50. The first-order valence-corrected chi connectivity index (χ1v) is 12.2. The number of amides is 2. The number of hydrogen-bond donors (Lipinski definition) is 2. The summed E-state index contributed by atoms with van der Waals surface area (Å²) in [6, 6.07) is 15.8. The van der Waals surface area contributed by atoms with Gasteiger partial charge in [0.25, 0.3) is 5.91 Å². The molecule has 0 saturated heterocycles. The van der Waals surface area contributed by atoms with E-state index >= 15 is 0 Å². The minimum Gasteiger partial charge on any atom is -0.326 e. The fraction of sp³-hybridized carbons (Fsp3) is 0.125. The summed E-state index contributed by atoms with van der Waals surface area (Å²) >= 11 is 37.2. The van der Waals surface area contributed by atoms with Crippen LogP contribution in [0.15, 0.2) is 54.6 Å². The van der Waals surface area contributed by atoms with E-state index in [1.54, 1.807) is 24.3 Å². The van der Waals surface area contributed by atoms with Crippen molar-refractivity contribution < 1.29 is 9.59 Å². The Labute approximate surface area is 230 Å². The lowest BCUT2D eigenvalue weighted by atomic mass is 10.1. The van der Waals surface area contributed by atoms with E-state index in [9.17, 15) is 9.59 Å². The number of carbonyl (C=O) groups is 2. The normalized spacial score (nSPS) is 17.9. The highest BCUT2D eigenvalue weighted by molar-refractivity contribution is 6.53. The van der Waals surface area contributed by atoms with Gasteiger partial charge in [-0.3, -0.25) is 9.59 Å². The molecule has 1 aliphatic rings. The standard InChI is InChI=1S/C24H13Cl6N3O2/c25-13-5-12(6-14(26)7-13)20-21(24(20,29)30)23(35)33-15-3-4-18(27)17(8-15)22(34)32-16-2-1-11(10-31)19(28)9-16/h1-9,20-21H,(H,32,34)(H,33,35)/t20-,21+/m0/s1. The SMILES string of the molecule is N#Cc1ccc(NC(=O)c2cc(NC(=O)[C@H]3[C@H](c4cc(Cl)cc(Cl)c4)C3(Cl)Cl)ccc2Cl)cc1Cl. The Hall–Kier alpha value is -2.17. The molecule has 4 rings (SSSR count). The van der Waals surface area contributed by atoms with Crippen LogP contribution in [0.25, 0.3) is 0 Å². The molecule has 0 radical (unpaired) electrons. The second-order valence-corrected chi connectivity index (χ2v) is 10.9. The van der Waals surface area contributed by atoms with E-state index in [-0.39, 0.29) is 21.2 Å². The van der Waals surface area contributed by atoms with Crippen molar-refractivity contribution in [3.8, 4) is 6.07 Å². The molecule has 0 aliphatic heterocycles. The monoisotopic (exact) mass is 585 g/mol. The molecule has 0 aromatic heterocycles. The van der Waals surface area contributed by atoms with Gasteiger partial charge in [-0.15, -0.1) is 23.2 Å². The molecule has 0 bridgehead atoms. The van der Waals surface area contributed by atoms with Crippen LogP contribution in [0.3, 0.4) is 0 Å². The molecule has 0 heterocycles. The smallest absolute Gasteiger partial charge is 0.257 e. The van der Waals surface area contributed by atoms with Crippen molar-refractivity contribution in [2.24, 2.45) is 5.92 Å². The zero-order valence-corrected chi connectivity index (χ0v) is 21.9. The molecule has 1 fully saturated rings. The maximum absolute atomic E-state index is 13.0. The maximum Gasteiger partial charge on any atom is 0.257 e. The predicted molar refractivity (Wildman–Crippen MR) is 141 cm³/mol. The van der Waals surface area contributed by atoms with Crippen LogP contribution in [0, 0.1) is 17.2 Å². The third-order valence-corrected chi connectivity index (χ3v) is 7.43. The summed E-state index contributed by atoms with van der Waals surface area (Å²) in [7, 11) is 0. The third kappa shape index (κ3) is 5.49. The molecule has 2 atom stereocenters. The summed E-state index contributed by atoms with van der Waals surface area (Å²) < 4.78 is -1.35. The van der Waals surface area contributed by atoms with Gasteiger partial charge in [-0.25, -0.2) is 0 Å². The van der Waals surface area contributed by atoms with Crippen LogP contribution < -0.4 is 10.6 Å². The molecule has 1 saturated carbocycles. The van der Waals surface area contributed by atoms with Crippen molar-refractivity contribution >= 4 is 92.8 Å². The fourth-order valence-electron chi connectivity index (χ4n) is 3.70. The van der Waals surface area contributed by atoms with Crippen LogP contribution in [0.2, 0.25) is 20.1 Å². The lowest BCUT2D eigenvalue weighted by molar-refractivity contribution is -0.117. The molecular formula is C24H13Cl6N3O2. The molecule has 0 spiro atoms. The summed E-state index contributed by atoms with van der Waals surface area (Å²) in [6.45, 7) is 0. The molecule has 3 aromatic carbocycles. The van der Waals surface area contributed by atoms with E-state index < -0.39 is 28.0 Å². The first-order chi connectivity index (χ1) is 16.5. The molecule has 11 heteroatoms. The van der Waals surface area contributed by atoms with Crippen LogP contribution in [0.1, 0.15) is 27.4 Å². The van der Waals surface area contributed by atoms with Crippen LogP contribution in [-0.2, 0) is 4.79 Å². The van der Waals surface area contributed by atoms with E-state index in [4.69, 9.17) is 74.9 Å². The van der Waals surface area contributed by atoms with Gasteiger partial charge in [0.2, 0.25) is 5.91 Å². The first-order valence-electron chi connectivity index (χ1n) is 9.96. The Morgan fingerprint density at radius 2 is 1.46 bits per heavy atom. The summed E-state index contributed by atoms with van der Waals surface area (Å²) in [4.78, 5) is 25.8. The summed E-state index contributed by atoms with van der Waals surface area (Å²) in [5.41, 5.74) is 1.73. The van der Waals surface area contributed by atoms with Gasteiger partial charge in [0, 0.05) is 27.3 Å². The Bertz CT molecular complexity index is 1380. The highest BCUT2D eigenvalue weighted by atomic mass is 35.5. The molecule has 178 valence electrons. The summed E-state index contributed by atoms with van der Waals surface area (Å²) in [5, 5.41) is 15.5. The molecule has 2 N–H and O–H groups in total. The topological polar surface area (TPSA) is 82.0 Å². The van der Waals surface area contributed by atoms with Gasteiger partial charge in [0.1, 0.15) is 10.4 Å². The van der Waals surface area contributed by atoms with Gasteiger partial charge in [-0.2, -0.15) is 5.26 Å². The highest BCUT2D eigenvalue weighted by Gasteiger charge is 2.67. The summed E-state index contributed by atoms with van der Waals surface area (Å²) in [5.74, 6) is -2.26.